The SMILES string of the molecule is CCN1CCN2c3ccc(Nc4cc(NC)ncn4)cc3OC[C@@H]2C1. The molecule has 25 heavy (non-hydrogen) atoms. The van der Waals surface area contributed by atoms with Gasteiger partial charge in [-0.15, -0.1) is 0 Å². The van der Waals surface area contributed by atoms with Crippen LogP contribution in [0.4, 0.5) is 23.0 Å². The molecular formula is C18H24N6O. The van der Waals surface area contributed by atoms with Crippen molar-refractivity contribution in [2.45, 2.75) is 13.0 Å². The monoisotopic (exact) mass is 340 g/mol. The molecular weight excluding hydrogens is 316 g/mol. The van der Waals surface area contributed by atoms with Gasteiger partial charge in [-0.2, -0.15) is 0 Å². The third-order valence-electron chi connectivity index (χ3n) is 4.91. The van der Waals surface area contributed by atoms with Crippen molar-refractivity contribution < 1.29 is 4.74 Å². The summed E-state index contributed by atoms with van der Waals surface area (Å²) in [4.78, 5) is 13.4. The number of rotatable bonds is 4. The fraction of sp³-hybridized carbons (Fsp3) is 0.444. The van der Waals surface area contributed by atoms with Crippen molar-refractivity contribution in [1.82, 2.24) is 14.9 Å². The maximum Gasteiger partial charge on any atom is 0.144 e. The normalized spacial score (nSPS) is 19.6. The molecule has 2 aliphatic heterocycles. The molecule has 7 nitrogen and oxygen atoms in total. The van der Waals surface area contributed by atoms with Crippen molar-refractivity contribution in [3.63, 3.8) is 0 Å². The lowest BCUT2D eigenvalue weighted by Crippen LogP contribution is -2.57. The van der Waals surface area contributed by atoms with Crippen LogP contribution < -0.4 is 20.3 Å². The number of hydrogen-bond acceptors (Lipinski definition) is 7. The van der Waals surface area contributed by atoms with Gasteiger partial charge in [-0.05, 0) is 18.7 Å². The molecule has 0 saturated carbocycles. The van der Waals surface area contributed by atoms with Crippen LogP contribution in [0, 0.1) is 0 Å². The molecule has 0 bridgehead atoms. The van der Waals surface area contributed by atoms with E-state index in [2.05, 4.69) is 55.5 Å². The van der Waals surface area contributed by atoms with Gasteiger partial charge in [0.1, 0.15) is 30.3 Å². The summed E-state index contributed by atoms with van der Waals surface area (Å²) in [6, 6.07) is 8.60. The Morgan fingerprint density at radius 3 is 2.92 bits per heavy atom. The van der Waals surface area contributed by atoms with Gasteiger partial charge in [0, 0.05) is 44.5 Å². The minimum atomic E-state index is 0.445. The van der Waals surface area contributed by atoms with Crippen LogP contribution in [0.5, 0.6) is 5.75 Å². The van der Waals surface area contributed by atoms with Gasteiger partial charge in [-0.25, -0.2) is 9.97 Å². The van der Waals surface area contributed by atoms with Gasteiger partial charge in [0.15, 0.2) is 0 Å². The topological polar surface area (TPSA) is 65.5 Å². The number of anilines is 4. The summed E-state index contributed by atoms with van der Waals surface area (Å²) in [6.07, 6.45) is 1.54. The van der Waals surface area contributed by atoms with Crippen LogP contribution in [0.25, 0.3) is 0 Å². The van der Waals surface area contributed by atoms with E-state index in [1.54, 1.807) is 6.33 Å². The van der Waals surface area contributed by atoms with Gasteiger partial charge in [0.25, 0.3) is 0 Å². The summed E-state index contributed by atoms with van der Waals surface area (Å²) < 4.78 is 6.06. The molecule has 0 aliphatic carbocycles. The van der Waals surface area contributed by atoms with Crippen LogP contribution >= 0.6 is 0 Å². The minimum absolute atomic E-state index is 0.445. The maximum atomic E-state index is 6.06. The molecule has 4 rings (SSSR count). The van der Waals surface area contributed by atoms with E-state index in [0.717, 1.165) is 55.9 Å². The molecule has 132 valence electrons. The fourth-order valence-electron chi connectivity index (χ4n) is 3.51. The Kier molecular flexibility index (Phi) is 4.31. The highest BCUT2D eigenvalue weighted by Gasteiger charge is 2.32. The lowest BCUT2D eigenvalue weighted by Gasteiger charge is -2.45. The molecule has 0 radical (unpaired) electrons. The summed E-state index contributed by atoms with van der Waals surface area (Å²) in [5.74, 6) is 2.47. The van der Waals surface area contributed by atoms with Crippen molar-refractivity contribution in [3.05, 3.63) is 30.6 Å². The Balaban J connectivity index is 1.53. The lowest BCUT2D eigenvalue weighted by atomic mass is 10.1. The zero-order valence-corrected chi connectivity index (χ0v) is 14.7. The average Bonchev–Trinajstić information content (AvgIpc) is 2.67. The molecule has 0 unspecified atom stereocenters. The van der Waals surface area contributed by atoms with E-state index in [0.29, 0.717) is 6.04 Å². The molecule has 1 fully saturated rings. The van der Waals surface area contributed by atoms with Crippen LogP contribution in [0.3, 0.4) is 0 Å². The van der Waals surface area contributed by atoms with E-state index < -0.39 is 0 Å². The van der Waals surface area contributed by atoms with Crippen LogP contribution in [0.15, 0.2) is 30.6 Å². The van der Waals surface area contributed by atoms with Crippen molar-refractivity contribution in [2.75, 3.05) is 55.4 Å². The van der Waals surface area contributed by atoms with Gasteiger partial charge < -0.3 is 20.3 Å². The van der Waals surface area contributed by atoms with Crippen molar-refractivity contribution >= 4 is 23.0 Å². The summed E-state index contributed by atoms with van der Waals surface area (Å²) in [5.41, 5.74) is 2.15. The number of piperazine rings is 1. The third-order valence-corrected chi connectivity index (χ3v) is 4.91. The predicted octanol–water partition coefficient (Wildman–Crippen LogP) is 2.16. The van der Waals surface area contributed by atoms with E-state index >= 15 is 0 Å². The molecule has 2 aromatic rings. The molecule has 0 amide bonds. The van der Waals surface area contributed by atoms with E-state index in [1.807, 2.05) is 13.1 Å². The number of ether oxygens (including phenoxy) is 1. The first-order chi connectivity index (χ1) is 12.3. The molecule has 1 aromatic carbocycles. The average molecular weight is 340 g/mol. The molecule has 2 N–H and O–H groups in total. The second-order valence-corrected chi connectivity index (χ2v) is 6.40. The molecule has 1 atom stereocenters. The predicted molar refractivity (Wildman–Crippen MR) is 100 cm³/mol. The van der Waals surface area contributed by atoms with Gasteiger partial charge in [0.2, 0.25) is 0 Å². The van der Waals surface area contributed by atoms with Crippen molar-refractivity contribution in [2.24, 2.45) is 0 Å². The highest BCUT2D eigenvalue weighted by molar-refractivity contribution is 5.69. The Morgan fingerprint density at radius 1 is 1.20 bits per heavy atom. The molecule has 2 aliphatic rings. The summed E-state index contributed by atoms with van der Waals surface area (Å²) in [6.45, 7) is 7.30. The number of nitrogens with one attached hydrogen (secondary N) is 2. The van der Waals surface area contributed by atoms with Crippen LogP contribution in [0.2, 0.25) is 0 Å². The number of benzene rings is 1. The van der Waals surface area contributed by atoms with Crippen molar-refractivity contribution in [3.8, 4) is 5.75 Å². The van der Waals surface area contributed by atoms with Gasteiger partial charge in [0.05, 0.1) is 11.7 Å². The Bertz CT molecular complexity index is 752. The second-order valence-electron chi connectivity index (χ2n) is 6.40. The van der Waals surface area contributed by atoms with Crippen LogP contribution in [-0.4, -0.2) is 60.7 Å². The maximum absolute atomic E-state index is 6.06. The number of nitrogens with zero attached hydrogens (tertiary/aromatic N) is 4. The fourth-order valence-corrected chi connectivity index (χ4v) is 3.51. The third kappa shape index (κ3) is 3.19. The Hall–Kier alpha value is -2.54. The first kappa shape index (κ1) is 16.0. The summed E-state index contributed by atoms with van der Waals surface area (Å²) in [5, 5.41) is 6.34. The number of aromatic nitrogens is 2. The molecule has 0 spiro atoms. The lowest BCUT2D eigenvalue weighted by molar-refractivity contribution is 0.172. The second kappa shape index (κ2) is 6.76. The van der Waals surface area contributed by atoms with E-state index in [1.165, 1.54) is 5.69 Å². The van der Waals surface area contributed by atoms with Crippen LogP contribution in [0.1, 0.15) is 6.92 Å². The smallest absolute Gasteiger partial charge is 0.144 e. The highest BCUT2D eigenvalue weighted by Crippen LogP contribution is 2.37. The first-order valence-corrected chi connectivity index (χ1v) is 8.79. The standard InChI is InChI=1S/C18H24N6O/c1-3-23-6-7-24-14(10-23)11-25-16-8-13(4-5-15(16)24)22-18-9-17(19-2)20-12-21-18/h4-5,8-9,12,14H,3,6-7,10-11H2,1-2H3,(H2,19,20,21,22)/t14-/m0/s1. The van der Waals surface area contributed by atoms with Crippen LogP contribution in [-0.2, 0) is 0 Å². The molecule has 1 aromatic heterocycles. The quantitative estimate of drug-likeness (QED) is 0.884. The van der Waals surface area contributed by atoms with Crippen molar-refractivity contribution in [1.29, 1.82) is 0 Å². The molecule has 3 heterocycles. The van der Waals surface area contributed by atoms with E-state index in [9.17, 15) is 0 Å². The molecule has 7 heteroatoms. The van der Waals surface area contributed by atoms with Gasteiger partial charge in [-0.1, -0.05) is 6.92 Å². The summed E-state index contributed by atoms with van der Waals surface area (Å²) >= 11 is 0. The van der Waals surface area contributed by atoms with E-state index in [-0.39, 0.29) is 0 Å². The minimum Gasteiger partial charge on any atom is -0.489 e. The zero-order chi connectivity index (χ0) is 17.2. The largest absolute Gasteiger partial charge is 0.489 e. The molecule has 1 saturated heterocycles. The first-order valence-electron chi connectivity index (χ1n) is 8.79. The van der Waals surface area contributed by atoms with E-state index in [4.69, 9.17) is 4.74 Å². The van der Waals surface area contributed by atoms with Gasteiger partial charge >= 0.3 is 0 Å². The highest BCUT2D eigenvalue weighted by atomic mass is 16.5. The number of likely N-dealkylation sites (N-methyl/N-ethyl adjacent to an activating group) is 1. The number of hydrogen-bond donors (Lipinski definition) is 2. The van der Waals surface area contributed by atoms with Gasteiger partial charge in [-0.3, -0.25) is 4.90 Å². The Morgan fingerprint density at radius 2 is 2.08 bits per heavy atom. The number of fused-ring (bicyclic) bond motifs is 3. The Labute approximate surface area is 148 Å². The summed E-state index contributed by atoms with van der Waals surface area (Å²) in [7, 11) is 1.84. The zero-order valence-electron chi connectivity index (χ0n) is 14.7.